The Bertz CT molecular complexity index is 1110. The van der Waals surface area contributed by atoms with E-state index in [-0.39, 0.29) is 40.9 Å². The molecular weight excluding hydrogens is 456 g/mol. The summed E-state index contributed by atoms with van der Waals surface area (Å²) in [5.41, 5.74) is 2.26. The Morgan fingerprint density at radius 3 is 2.33 bits per heavy atom. The molecule has 0 aliphatic heterocycles. The van der Waals surface area contributed by atoms with E-state index in [1.807, 2.05) is 0 Å². The van der Waals surface area contributed by atoms with Crippen LogP contribution in [0.3, 0.4) is 0 Å². The highest BCUT2D eigenvalue weighted by Crippen LogP contribution is 2.73. The minimum atomic E-state index is -1.15. The second-order valence-electron chi connectivity index (χ2n) is 12.8. The van der Waals surface area contributed by atoms with Crippen LogP contribution in [0.1, 0.15) is 79.1 Å². The molecule has 0 unspecified atom stereocenters. The third-order valence-corrected chi connectivity index (χ3v) is 11.3. The molecule has 36 heavy (non-hydrogen) atoms. The van der Waals surface area contributed by atoms with Crippen molar-refractivity contribution in [3.63, 3.8) is 0 Å². The van der Waals surface area contributed by atoms with Gasteiger partial charge in [0.2, 0.25) is 0 Å². The van der Waals surface area contributed by atoms with E-state index in [4.69, 9.17) is 0 Å². The zero-order chi connectivity index (χ0) is 26.3. The number of carbonyl (C=O) groups excluding carboxylic acids is 1. The predicted molar refractivity (Wildman–Crippen MR) is 135 cm³/mol. The lowest BCUT2D eigenvalue weighted by atomic mass is 9.52. The summed E-state index contributed by atoms with van der Waals surface area (Å²) in [6.07, 6.45) is 4.26. The van der Waals surface area contributed by atoms with Crippen LogP contribution in [0.4, 0.5) is 0 Å². The summed E-state index contributed by atoms with van der Waals surface area (Å²) in [4.78, 5) is 37.9. The van der Waals surface area contributed by atoms with Crippen molar-refractivity contribution in [1.82, 2.24) is 0 Å². The number of fused-ring (bicyclic) bond motifs is 5. The fourth-order valence-corrected chi connectivity index (χ4v) is 9.44. The summed E-state index contributed by atoms with van der Waals surface area (Å²) in [5.74, 6) is -1.84. The summed E-state index contributed by atoms with van der Waals surface area (Å²) in [6, 6.07) is 0. The van der Waals surface area contributed by atoms with E-state index in [9.17, 15) is 29.7 Å². The first kappa shape index (κ1) is 25.4. The number of hydrogen-bond donors (Lipinski definition) is 3. The van der Waals surface area contributed by atoms with Crippen LogP contribution in [0, 0.1) is 46.3 Å². The van der Waals surface area contributed by atoms with Crippen molar-refractivity contribution in [2.45, 2.75) is 85.2 Å². The smallest absolute Gasteiger partial charge is 0.331 e. The van der Waals surface area contributed by atoms with Crippen LogP contribution >= 0.6 is 0 Å². The molecule has 0 amide bonds. The average molecular weight is 497 g/mol. The Hall–Kier alpha value is -2.21. The molecule has 3 N–H and O–H groups in total. The van der Waals surface area contributed by atoms with Gasteiger partial charge in [0.05, 0.1) is 11.5 Å². The van der Waals surface area contributed by atoms with Crippen molar-refractivity contribution in [2.75, 3.05) is 0 Å². The van der Waals surface area contributed by atoms with Gasteiger partial charge in [0.15, 0.2) is 5.78 Å². The maximum absolute atomic E-state index is 13.4. The topological polar surface area (TPSA) is 112 Å². The van der Waals surface area contributed by atoms with E-state index in [1.54, 1.807) is 6.92 Å². The molecule has 5 aliphatic rings. The van der Waals surface area contributed by atoms with E-state index in [1.165, 1.54) is 5.57 Å². The van der Waals surface area contributed by atoms with Gasteiger partial charge in [-0.3, -0.25) is 9.59 Å². The number of carboxylic acids is 2. The summed E-state index contributed by atoms with van der Waals surface area (Å²) >= 11 is 0. The van der Waals surface area contributed by atoms with Crippen molar-refractivity contribution in [3.8, 4) is 0 Å². The zero-order valence-electron chi connectivity index (χ0n) is 22.0. The number of carboxylic acid groups (broad SMARTS) is 2. The lowest BCUT2D eigenvalue weighted by Crippen LogP contribution is -2.53. The molecule has 0 spiro atoms. The first-order chi connectivity index (χ1) is 16.8. The number of aliphatic hydroxyl groups is 1. The van der Waals surface area contributed by atoms with Crippen LogP contribution in [-0.2, 0) is 14.4 Å². The van der Waals surface area contributed by atoms with E-state index in [0.717, 1.165) is 36.8 Å². The van der Waals surface area contributed by atoms with Gasteiger partial charge < -0.3 is 15.3 Å². The zero-order valence-corrected chi connectivity index (χ0v) is 22.0. The van der Waals surface area contributed by atoms with Gasteiger partial charge in [-0.25, -0.2) is 4.79 Å². The number of carbonyl (C=O) groups is 3. The van der Waals surface area contributed by atoms with Crippen LogP contribution in [0.2, 0.25) is 0 Å². The van der Waals surface area contributed by atoms with Crippen LogP contribution in [-0.4, -0.2) is 39.1 Å². The normalized spacial score (nSPS) is 44.2. The minimum Gasteiger partial charge on any atom is -0.481 e. The molecule has 0 radical (unpaired) electrons. The lowest BCUT2D eigenvalue weighted by molar-refractivity contribution is -0.164. The molecule has 0 aromatic rings. The van der Waals surface area contributed by atoms with E-state index in [0.29, 0.717) is 31.3 Å². The molecule has 0 saturated heterocycles. The predicted octanol–water partition coefficient (Wildman–Crippen LogP) is 5.17. The maximum atomic E-state index is 13.4. The number of aliphatic hydroxyl groups excluding tert-OH is 1. The number of hydrogen-bond acceptors (Lipinski definition) is 4. The summed E-state index contributed by atoms with van der Waals surface area (Å²) in [7, 11) is 0. The minimum absolute atomic E-state index is 0.00862. The molecule has 0 aromatic carbocycles. The molecule has 2 fully saturated rings. The Balaban J connectivity index is 1.63. The van der Waals surface area contributed by atoms with E-state index in [2.05, 4.69) is 27.4 Å². The van der Waals surface area contributed by atoms with Crippen LogP contribution < -0.4 is 0 Å². The standard InChI is InChI=1S/C30H40O6/c1-14-7-9-21(26(32)25-17(4)23(31)11-20(14)25)30(28(35)36)13-19-12-29(30,5)22-10-18(16(3)27(33)34)8-6-15(2)24(19)22/h14-15,18-21,26,32H,3,6-13H2,1-2,4-5H3,(H,33,34)(H,35,36)/t14-,15-,18+,19-,20-,21+,26-,29-,30-/m0/s1. The van der Waals surface area contributed by atoms with Gasteiger partial charge in [0, 0.05) is 23.3 Å². The molecule has 196 valence electrons. The van der Waals surface area contributed by atoms with Gasteiger partial charge in [0.1, 0.15) is 0 Å². The number of aliphatic carboxylic acids is 2. The highest BCUT2D eigenvalue weighted by Gasteiger charge is 2.70. The first-order valence-electron chi connectivity index (χ1n) is 13.7. The van der Waals surface area contributed by atoms with Crippen molar-refractivity contribution in [3.05, 3.63) is 34.4 Å². The molecule has 9 atom stereocenters. The number of allylic oxidation sites excluding steroid dienone is 3. The van der Waals surface area contributed by atoms with Gasteiger partial charge in [-0.1, -0.05) is 38.5 Å². The third-order valence-electron chi connectivity index (χ3n) is 11.3. The third kappa shape index (κ3) is 3.22. The fourth-order valence-electron chi connectivity index (χ4n) is 9.44. The van der Waals surface area contributed by atoms with Gasteiger partial charge >= 0.3 is 11.9 Å². The molecule has 2 bridgehead atoms. The van der Waals surface area contributed by atoms with Crippen LogP contribution in [0.15, 0.2) is 34.4 Å². The Labute approximate surface area is 213 Å². The molecule has 5 aliphatic carbocycles. The summed E-state index contributed by atoms with van der Waals surface area (Å²) in [6.45, 7) is 12.1. The van der Waals surface area contributed by atoms with Gasteiger partial charge in [-0.15, -0.1) is 0 Å². The average Bonchev–Trinajstić information content (AvgIpc) is 3.30. The SMILES string of the molecule is C=C(C(=O)O)[C@@H]1CC[C@H](C)C2=C(C1)[C@]1(C)C[C@H]2C[C@@]1(C(=O)O)[C@@H]1CC[C@H](C)[C@@H]2CC(=O)C(C)=C2[C@H]1O. The molecule has 6 heteroatoms. The van der Waals surface area contributed by atoms with Gasteiger partial charge in [-0.05, 0) is 92.6 Å². The van der Waals surface area contributed by atoms with Crippen LogP contribution in [0.5, 0.6) is 0 Å². The van der Waals surface area contributed by atoms with Crippen molar-refractivity contribution >= 4 is 17.7 Å². The number of ketones is 1. The number of Topliss-reactive ketones (excluding diaryl/α,β-unsaturated/α-hetero) is 1. The quantitative estimate of drug-likeness (QED) is 0.366. The lowest BCUT2D eigenvalue weighted by Gasteiger charge is -2.50. The highest BCUT2D eigenvalue weighted by atomic mass is 16.4. The molecular formula is C30H40O6. The molecule has 2 saturated carbocycles. The van der Waals surface area contributed by atoms with Crippen molar-refractivity contribution < 1.29 is 29.7 Å². The molecule has 0 heterocycles. The monoisotopic (exact) mass is 496 g/mol. The number of rotatable bonds is 4. The Kier molecular flexibility index (Phi) is 5.94. The van der Waals surface area contributed by atoms with Gasteiger partial charge in [0.25, 0.3) is 0 Å². The second-order valence-corrected chi connectivity index (χ2v) is 12.8. The highest BCUT2D eigenvalue weighted by molar-refractivity contribution is 5.99. The summed E-state index contributed by atoms with van der Waals surface area (Å²) in [5, 5.41) is 32.5. The molecule has 5 rings (SSSR count). The first-order valence-corrected chi connectivity index (χ1v) is 13.7. The van der Waals surface area contributed by atoms with Gasteiger partial charge in [-0.2, -0.15) is 0 Å². The van der Waals surface area contributed by atoms with E-state index < -0.39 is 34.8 Å². The Morgan fingerprint density at radius 2 is 1.69 bits per heavy atom. The van der Waals surface area contributed by atoms with Crippen molar-refractivity contribution in [1.29, 1.82) is 0 Å². The van der Waals surface area contributed by atoms with Crippen molar-refractivity contribution in [2.24, 2.45) is 46.3 Å². The fraction of sp³-hybridized carbons (Fsp3) is 0.700. The second kappa shape index (κ2) is 8.41. The molecule has 6 nitrogen and oxygen atoms in total. The van der Waals surface area contributed by atoms with E-state index >= 15 is 0 Å². The van der Waals surface area contributed by atoms with Crippen LogP contribution in [0.25, 0.3) is 0 Å². The Morgan fingerprint density at radius 1 is 1.00 bits per heavy atom. The summed E-state index contributed by atoms with van der Waals surface area (Å²) < 4.78 is 0. The molecule has 0 aromatic heterocycles. The maximum Gasteiger partial charge on any atom is 0.331 e. The largest absolute Gasteiger partial charge is 0.481 e.